The molecule has 3 aromatic rings. The van der Waals surface area contributed by atoms with Crippen LogP contribution < -0.4 is 10.1 Å². The molecule has 0 saturated heterocycles. The number of ether oxygens (including phenoxy) is 1. The van der Waals surface area contributed by atoms with Gasteiger partial charge in [-0.25, -0.2) is 0 Å². The molecular weight excluding hydrogens is 492 g/mol. The van der Waals surface area contributed by atoms with E-state index in [-0.39, 0.29) is 29.9 Å². The molecule has 1 amide bonds. The molecule has 192 valence electrons. The number of carboxylic acid groups (broad SMARTS) is 1. The van der Waals surface area contributed by atoms with Crippen LogP contribution in [0.5, 0.6) is 5.75 Å². The molecule has 0 heterocycles. The van der Waals surface area contributed by atoms with Crippen molar-refractivity contribution in [3.05, 3.63) is 76.9 Å². The second kappa shape index (κ2) is 10.9. The second-order valence-corrected chi connectivity index (χ2v) is 8.03. The summed E-state index contributed by atoms with van der Waals surface area (Å²) >= 11 is 0. The van der Waals surface area contributed by atoms with Gasteiger partial charge in [0.25, 0.3) is 12.4 Å². The molecule has 0 atom stereocenters. The number of rotatable bonds is 5. The van der Waals surface area contributed by atoms with Crippen LogP contribution in [0, 0.1) is 0 Å². The first-order chi connectivity index (χ1) is 17.0. The summed E-state index contributed by atoms with van der Waals surface area (Å²) < 4.78 is 85.1. The van der Waals surface area contributed by atoms with Gasteiger partial charge < -0.3 is 15.2 Å². The van der Waals surface area contributed by atoms with Gasteiger partial charge in [-0.2, -0.15) is 26.3 Å². The number of carbonyl (C=O) groups excluding carboxylic acids is 1. The van der Waals surface area contributed by atoms with Crippen molar-refractivity contribution >= 4 is 23.2 Å². The van der Waals surface area contributed by atoms with Crippen LogP contribution in [0.25, 0.3) is 10.8 Å². The maximum Gasteiger partial charge on any atom is 0.416 e. The van der Waals surface area contributed by atoms with E-state index >= 15 is 0 Å². The molecule has 36 heavy (non-hydrogen) atoms. The van der Waals surface area contributed by atoms with E-state index < -0.39 is 41.6 Å². The molecular formula is C25H21F6NO4. The summed E-state index contributed by atoms with van der Waals surface area (Å²) in [4.78, 5) is 21.2. The van der Waals surface area contributed by atoms with Crippen LogP contribution in [0.1, 0.15) is 46.3 Å². The predicted molar refractivity (Wildman–Crippen MR) is 119 cm³/mol. The van der Waals surface area contributed by atoms with Gasteiger partial charge in [0.1, 0.15) is 12.4 Å². The van der Waals surface area contributed by atoms with Gasteiger partial charge >= 0.3 is 12.4 Å². The summed E-state index contributed by atoms with van der Waals surface area (Å²) in [5.74, 6) is -0.332. The Kier molecular flexibility index (Phi) is 8.11. The van der Waals surface area contributed by atoms with E-state index in [1.54, 1.807) is 30.3 Å². The Bertz CT molecular complexity index is 1240. The van der Waals surface area contributed by atoms with E-state index in [0.29, 0.717) is 16.8 Å². The first-order valence-corrected chi connectivity index (χ1v) is 10.8. The van der Waals surface area contributed by atoms with Gasteiger partial charge in [0, 0.05) is 17.0 Å². The van der Waals surface area contributed by atoms with Gasteiger partial charge in [0.2, 0.25) is 0 Å². The van der Waals surface area contributed by atoms with Crippen LogP contribution >= 0.6 is 0 Å². The Labute approximate surface area is 201 Å². The standard InChI is InChI=1S/C24H19F6NO2.CH2O2/c25-23(26,27)16-10-8-15(20(12-16)24(28,29)30)13-33-21-18-7-2-1-4-14(18)9-11-19(21)22(32)31-17-5-3-6-17;2-1-3/h1-2,4,7-12,17H,3,5-6,13H2,(H,31,32);1H,(H,2,3). The smallest absolute Gasteiger partial charge is 0.416 e. The minimum Gasteiger partial charge on any atom is -0.487 e. The molecule has 5 nitrogen and oxygen atoms in total. The number of amides is 1. The zero-order chi connectivity index (χ0) is 26.5. The van der Waals surface area contributed by atoms with Gasteiger partial charge in [0.05, 0.1) is 16.7 Å². The van der Waals surface area contributed by atoms with Gasteiger partial charge in [-0.15, -0.1) is 0 Å². The molecule has 2 N–H and O–H groups in total. The lowest BCUT2D eigenvalue weighted by Gasteiger charge is -2.27. The van der Waals surface area contributed by atoms with Crippen molar-refractivity contribution < 1.29 is 45.8 Å². The van der Waals surface area contributed by atoms with Crippen molar-refractivity contribution in [2.24, 2.45) is 0 Å². The fourth-order valence-electron chi connectivity index (χ4n) is 3.69. The quantitative estimate of drug-likeness (QED) is 0.304. The molecule has 1 fully saturated rings. The summed E-state index contributed by atoms with van der Waals surface area (Å²) in [6, 6.07) is 11.6. The number of alkyl halides is 6. The minimum absolute atomic E-state index is 0.0311. The highest BCUT2D eigenvalue weighted by molar-refractivity contribution is 6.04. The maximum atomic E-state index is 13.5. The Morgan fingerprint density at radius 2 is 1.67 bits per heavy atom. The number of carbonyl (C=O) groups is 2. The number of nitrogens with one attached hydrogen (secondary N) is 1. The molecule has 3 aromatic carbocycles. The average molecular weight is 513 g/mol. The summed E-state index contributed by atoms with van der Waals surface area (Å²) in [5, 5.41) is 11.0. The highest BCUT2D eigenvalue weighted by atomic mass is 19.4. The number of halogens is 6. The topological polar surface area (TPSA) is 75.6 Å². The molecule has 11 heteroatoms. The largest absolute Gasteiger partial charge is 0.487 e. The monoisotopic (exact) mass is 513 g/mol. The van der Waals surface area contributed by atoms with E-state index in [1.165, 1.54) is 6.07 Å². The number of fused-ring (bicyclic) bond motifs is 1. The summed E-state index contributed by atoms with van der Waals surface area (Å²) in [5.41, 5.74) is -3.14. The van der Waals surface area contributed by atoms with Crippen molar-refractivity contribution in [3.8, 4) is 5.75 Å². The van der Waals surface area contributed by atoms with Crippen LogP contribution in [0.4, 0.5) is 26.3 Å². The lowest BCUT2D eigenvalue weighted by atomic mass is 9.92. The molecule has 1 aliphatic rings. The van der Waals surface area contributed by atoms with Gasteiger partial charge in [-0.05, 0) is 42.8 Å². The molecule has 0 spiro atoms. The lowest BCUT2D eigenvalue weighted by molar-refractivity contribution is -0.143. The number of hydrogen-bond donors (Lipinski definition) is 2. The van der Waals surface area contributed by atoms with Crippen molar-refractivity contribution in [2.45, 2.75) is 44.3 Å². The van der Waals surface area contributed by atoms with Crippen LogP contribution in [-0.4, -0.2) is 23.5 Å². The second-order valence-electron chi connectivity index (χ2n) is 8.03. The molecule has 0 radical (unpaired) electrons. The summed E-state index contributed by atoms with van der Waals surface area (Å²) in [6.07, 6.45) is -7.24. The minimum atomic E-state index is -5.01. The Morgan fingerprint density at radius 1 is 1.00 bits per heavy atom. The lowest BCUT2D eigenvalue weighted by Crippen LogP contribution is -2.39. The summed E-state index contributed by atoms with van der Waals surface area (Å²) in [7, 11) is 0. The molecule has 4 rings (SSSR count). The van der Waals surface area contributed by atoms with Crippen LogP contribution in [-0.2, 0) is 23.8 Å². The van der Waals surface area contributed by atoms with Crippen molar-refractivity contribution in [1.29, 1.82) is 0 Å². The maximum absolute atomic E-state index is 13.5. The highest BCUT2D eigenvalue weighted by Gasteiger charge is 2.38. The fraction of sp³-hybridized carbons (Fsp3) is 0.280. The first-order valence-electron chi connectivity index (χ1n) is 10.8. The van der Waals surface area contributed by atoms with Crippen LogP contribution in [0.2, 0.25) is 0 Å². The Balaban J connectivity index is 0.00000115. The van der Waals surface area contributed by atoms with E-state index in [4.69, 9.17) is 14.6 Å². The normalized spacial score (nSPS) is 13.8. The average Bonchev–Trinajstić information content (AvgIpc) is 2.78. The third-order valence-electron chi connectivity index (χ3n) is 5.68. The van der Waals surface area contributed by atoms with Crippen LogP contribution in [0.3, 0.4) is 0 Å². The molecule has 0 bridgehead atoms. The SMILES string of the molecule is O=C(NC1CCC1)c1ccc2ccccc2c1OCc1ccc(C(F)(F)F)cc1C(F)(F)F.O=CO. The third kappa shape index (κ3) is 6.27. The predicted octanol–water partition coefficient (Wildman–Crippen LogP) is 6.44. The zero-order valence-electron chi connectivity index (χ0n) is 18.6. The van der Waals surface area contributed by atoms with E-state index in [1.807, 2.05) is 0 Å². The number of hydrogen-bond acceptors (Lipinski definition) is 3. The zero-order valence-corrected chi connectivity index (χ0v) is 18.6. The molecule has 0 unspecified atom stereocenters. The van der Waals surface area contributed by atoms with Gasteiger partial charge in [-0.1, -0.05) is 36.4 Å². The van der Waals surface area contributed by atoms with E-state index in [0.717, 1.165) is 25.3 Å². The van der Waals surface area contributed by atoms with Gasteiger partial charge in [-0.3, -0.25) is 9.59 Å². The fourth-order valence-corrected chi connectivity index (χ4v) is 3.69. The third-order valence-corrected chi connectivity index (χ3v) is 5.68. The number of benzene rings is 3. The van der Waals surface area contributed by atoms with Crippen LogP contribution in [0.15, 0.2) is 54.6 Å². The van der Waals surface area contributed by atoms with E-state index in [2.05, 4.69) is 5.32 Å². The molecule has 0 aliphatic heterocycles. The summed E-state index contributed by atoms with van der Waals surface area (Å²) in [6.45, 7) is -0.912. The van der Waals surface area contributed by atoms with Crippen molar-refractivity contribution in [3.63, 3.8) is 0 Å². The highest BCUT2D eigenvalue weighted by Crippen LogP contribution is 2.38. The van der Waals surface area contributed by atoms with E-state index in [9.17, 15) is 31.1 Å². The van der Waals surface area contributed by atoms with Crippen molar-refractivity contribution in [2.75, 3.05) is 0 Å². The molecule has 1 aliphatic carbocycles. The Hall–Kier alpha value is -3.76. The first kappa shape index (κ1) is 26.8. The van der Waals surface area contributed by atoms with Gasteiger partial charge in [0.15, 0.2) is 0 Å². The molecule has 1 saturated carbocycles. The Morgan fingerprint density at radius 3 is 2.25 bits per heavy atom. The molecule has 0 aromatic heterocycles. The van der Waals surface area contributed by atoms with Crippen molar-refractivity contribution in [1.82, 2.24) is 5.32 Å².